The highest BCUT2D eigenvalue weighted by atomic mass is 16.5. The molecule has 0 saturated carbocycles. The third-order valence-electron chi connectivity index (χ3n) is 1.92. The summed E-state index contributed by atoms with van der Waals surface area (Å²) in [6, 6.07) is 7.32. The largest absolute Gasteiger partial charge is 0.480 e. The summed E-state index contributed by atoms with van der Waals surface area (Å²) in [5.74, 6) is 2.66. The molecule has 0 unspecified atom stereocenters. The first kappa shape index (κ1) is 12.9. The SMILES string of the molecule is C#CCOc1ccccc1C=CC(=O)OCC. The Kier molecular flexibility index (Phi) is 5.39. The minimum atomic E-state index is -0.376. The molecule has 0 saturated heterocycles. The molecule has 0 fully saturated rings. The molecule has 0 aliphatic rings. The van der Waals surface area contributed by atoms with Gasteiger partial charge in [-0.2, -0.15) is 0 Å². The van der Waals surface area contributed by atoms with Crippen LogP contribution in [0.5, 0.6) is 5.75 Å². The number of terminal acetylenes is 1. The third-order valence-corrected chi connectivity index (χ3v) is 1.92. The van der Waals surface area contributed by atoms with Gasteiger partial charge in [-0.25, -0.2) is 4.79 Å². The molecule has 88 valence electrons. The van der Waals surface area contributed by atoms with Gasteiger partial charge in [0.05, 0.1) is 6.61 Å². The number of para-hydroxylation sites is 1. The van der Waals surface area contributed by atoms with Crippen LogP contribution in [0.2, 0.25) is 0 Å². The van der Waals surface area contributed by atoms with E-state index in [1.807, 2.05) is 18.2 Å². The second kappa shape index (κ2) is 7.13. The fraction of sp³-hybridized carbons (Fsp3) is 0.214. The predicted molar refractivity (Wildman–Crippen MR) is 66.4 cm³/mol. The van der Waals surface area contributed by atoms with Crippen LogP contribution in [0.1, 0.15) is 12.5 Å². The quantitative estimate of drug-likeness (QED) is 0.442. The summed E-state index contributed by atoms with van der Waals surface area (Å²) in [6.45, 7) is 2.32. The van der Waals surface area contributed by atoms with Crippen molar-refractivity contribution in [3.63, 3.8) is 0 Å². The van der Waals surface area contributed by atoms with E-state index in [-0.39, 0.29) is 12.6 Å². The Morgan fingerprint density at radius 1 is 1.47 bits per heavy atom. The summed E-state index contributed by atoms with van der Waals surface area (Å²) in [5, 5.41) is 0. The fourth-order valence-corrected chi connectivity index (χ4v) is 1.22. The molecular weight excluding hydrogens is 216 g/mol. The molecule has 0 aliphatic heterocycles. The standard InChI is InChI=1S/C14H14O3/c1-3-11-17-13-8-6-5-7-12(13)9-10-14(15)16-4-2/h1,5-10H,4,11H2,2H3. The molecule has 3 nitrogen and oxygen atoms in total. The molecule has 17 heavy (non-hydrogen) atoms. The number of esters is 1. The topological polar surface area (TPSA) is 35.5 Å². The van der Waals surface area contributed by atoms with Gasteiger partial charge in [0.15, 0.2) is 0 Å². The van der Waals surface area contributed by atoms with Crippen molar-refractivity contribution in [1.82, 2.24) is 0 Å². The highest BCUT2D eigenvalue weighted by Crippen LogP contribution is 2.19. The lowest BCUT2D eigenvalue weighted by molar-refractivity contribution is -0.137. The second-order valence-electron chi connectivity index (χ2n) is 3.12. The number of ether oxygens (including phenoxy) is 2. The first-order chi connectivity index (χ1) is 8.27. The van der Waals surface area contributed by atoms with Gasteiger partial charge in [-0.1, -0.05) is 24.1 Å². The van der Waals surface area contributed by atoms with Crippen LogP contribution in [-0.2, 0) is 9.53 Å². The molecule has 0 aliphatic carbocycles. The molecule has 0 N–H and O–H groups in total. The number of carbonyl (C=O) groups excluding carboxylic acids is 1. The van der Waals surface area contributed by atoms with Crippen molar-refractivity contribution in [3.05, 3.63) is 35.9 Å². The van der Waals surface area contributed by atoms with Crippen molar-refractivity contribution < 1.29 is 14.3 Å². The van der Waals surface area contributed by atoms with Gasteiger partial charge in [0.2, 0.25) is 0 Å². The van der Waals surface area contributed by atoms with Crippen molar-refractivity contribution in [2.45, 2.75) is 6.92 Å². The third kappa shape index (κ3) is 4.43. The lowest BCUT2D eigenvalue weighted by atomic mass is 10.2. The molecular formula is C14H14O3. The lowest BCUT2D eigenvalue weighted by Crippen LogP contribution is -1.99. The minimum Gasteiger partial charge on any atom is -0.480 e. The molecule has 1 aromatic rings. The van der Waals surface area contributed by atoms with E-state index in [1.165, 1.54) is 6.08 Å². The zero-order valence-electron chi connectivity index (χ0n) is 9.68. The Morgan fingerprint density at radius 2 is 2.24 bits per heavy atom. The molecule has 0 aromatic heterocycles. The van der Waals surface area contributed by atoms with E-state index in [4.69, 9.17) is 15.9 Å². The van der Waals surface area contributed by atoms with Crippen LogP contribution in [0.3, 0.4) is 0 Å². The smallest absolute Gasteiger partial charge is 0.330 e. The Bertz CT molecular complexity index is 441. The van der Waals surface area contributed by atoms with Crippen LogP contribution >= 0.6 is 0 Å². The Morgan fingerprint density at radius 3 is 2.94 bits per heavy atom. The first-order valence-corrected chi connectivity index (χ1v) is 5.28. The predicted octanol–water partition coefficient (Wildman–Crippen LogP) is 2.27. The van der Waals surface area contributed by atoms with E-state index < -0.39 is 0 Å². The number of carbonyl (C=O) groups is 1. The summed E-state index contributed by atoms with van der Waals surface area (Å²) in [5.41, 5.74) is 0.788. The number of rotatable bonds is 5. The zero-order valence-corrected chi connectivity index (χ0v) is 9.68. The van der Waals surface area contributed by atoms with Crippen LogP contribution < -0.4 is 4.74 Å². The highest BCUT2D eigenvalue weighted by molar-refractivity contribution is 5.87. The molecule has 0 amide bonds. The van der Waals surface area contributed by atoms with Gasteiger partial charge in [0.1, 0.15) is 12.4 Å². The van der Waals surface area contributed by atoms with Gasteiger partial charge >= 0.3 is 5.97 Å². The molecule has 0 atom stereocenters. The number of hydrogen-bond donors (Lipinski definition) is 0. The Balaban J connectivity index is 2.76. The maximum absolute atomic E-state index is 11.2. The Hall–Kier alpha value is -2.21. The summed E-state index contributed by atoms with van der Waals surface area (Å²) in [4.78, 5) is 11.2. The summed E-state index contributed by atoms with van der Waals surface area (Å²) < 4.78 is 10.1. The van der Waals surface area contributed by atoms with Crippen molar-refractivity contribution in [3.8, 4) is 18.1 Å². The van der Waals surface area contributed by atoms with Crippen LogP contribution in [0.15, 0.2) is 30.3 Å². The van der Waals surface area contributed by atoms with Crippen LogP contribution in [0, 0.1) is 12.3 Å². The number of benzene rings is 1. The fourth-order valence-electron chi connectivity index (χ4n) is 1.22. The van der Waals surface area contributed by atoms with E-state index in [2.05, 4.69) is 5.92 Å². The number of hydrogen-bond acceptors (Lipinski definition) is 3. The molecule has 1 aromatic carbocycles. The zero-order chi connectivity index (χ0) is 12.5. The monoisotopic (exact) mass is 230 g/mol. The van der Waals surface area contributed by atoms with E-state index >= 15 is 0 Å². The van der Waals surface area contributed by atoms with E-state index in [0.29, 0.717) is 12.4 Å². The van der Waals surface area contributed by atoms with Gasteiger partial charge in [0.25, 0.3) is 0 Å². The van der Waals surface area contributed by atoms with Crippen LogP contribution in [0.4, 0.5) is 0 Å². The molecule has 0 bridgehead atoms. The molecule has 0 heterocycles. The molecule has 0 spiro atoms. The summed E-state index contributed by atoms with van der Waals surface area (Å²) in [6.07, 6.45) is 8.13. The average molecular weight is 230 g/mol. The maximum Gasteiger partial charge on any atom is 0.330 e. The highest BCUT2D eigenvalue weighted by Gasteiger charge is 2.00. The first-order valence-electron chi connectivity index (χ1n) is 5.28. The maximum atomic E-state index is 11.2. The van der Waals surface area contributed by atoms with Gasteiger partial charge < -0.3 is 9.47 Å². The van der Waals surface area contributed by atoms with E-state index in [9.17, 15) is 4.79 Å². The van der Waals surface area contributed by atoms with Crippen LogP contribution in [0.25, 0.3) is 6.08 Å². The summed E-state index contributed by atoms with van der Waals surface area (Å²) >= 11 is 0. The van der Waals surface area contributed by atoms with Crippen molar-refractivity contribution in [1.29, 1.82) is 0 Å². The van der Waals surface area contributed by atoms with Crippen LogP contribution in [-0.4, -0.2) is 19.2 Å². The van der Waals surface area contributed by atoms with E-state index in [1.54, 1.807) is 19.1 Å². The van der Waals surface area contributed by atoms with E-state index in [0.717, 1.165) is 5.56 Å². The molecule has 0 radical (unpaired) electrons. The summed E-state index contributed by atoms with van der Waals surface area (Å²) in [7, 11) is 0. The van der Waals surface area contributed by atoms with Crippen molar-refractivity contribution in [2.75, 3.05) is 13.2 Å². The normalized spacial score (nSPS) is 9.88. The van der Waals surface area contributed by atoms with Gasteiger partial charge in [-0.15, -0.1) is 6.42 Å². The molecule has 1 rings (SSSR count). The average Bonchev–Trinajstić information content (AvgIpc) is 2.35. The minimum absolute atomic E-state index is 0.199. The molecule has 3 heteroatoms. The van der Waals surface area contributed by atoms with Crippen molar-refractivity contribution >= 4 is 12.0 Å². The van der Waals surface area contributed by atoms with Gasteiger partial charge in [-0.3, -0.25) is 0 Å². The van der Waals surface area contributed by atoms with Gasteiger partial charge in [0, 0.05) is 11.6 Å². The van der Waals surface area contributed by atoms with Gasteiger partial charge in [-0.05, 0) is 19.1 Å². The Labute approximate surface area is 101 Å². The second-order valence-corrected chi connectivity index (χ2v) is 3.12. The van der Waals surface area contributed by atoms with Crippen molar-refractivity contribution in [2.24, 2.45) is 0 Å². The lowest BCUT2D eigenvalue weighted by Gasteiger charge is -2.05.